The highest BCUT2D eigenvalue weighted by atomic mass is 19.1. The molecule has 9 heteroatoms. The standard InChI is InChI=1S/C25H28FN3O5/c1-16-23(25(34)27-15-17-5-3-2-4-6-17)28-24(18-7-9-19(26)10-8-18)29(16)12-11-20(30)13-21(31)14-22(32)33/h2-10,20-21,30-31H,11-15H2,1H3,(H,27,34)(H,32,33)/p-1/t20-,21-/m1/s1. The van der Waals surface area contributed by atoms with E-state index in [1.807, 2.05) is 30.3 Å². The molecule has 0 spiro atoms. The predicted molar refractivity (Wildman–Crippen MR) is 121 cm³/mol. The molecule has 2 aromatic carbocycles. The fourth-order valence-corrected chi connectivity index (χ4v) is 3.69. The summed E-state index contributed by atoms with van der Waals surface area (Å²) < 4.78 is 15.2. The molecular weight excluding hydrogens is 441 g/mol. The minimum atomic E-state index is -1.39. The third kappa shape index (κ3) is 6.72. The highest BCUT2D eigenvalue weighted by molar-refractivity contribution is 5.94. The van der Waals surface area contributed by atoms with E-state index in [0.29, 0.717) is 23.6 Å². The average molecular weight is 469 g/mol. The fourth-order valence-electron chi connectivity index (χ4n) is 3.69. The summed E-state index contributed by atoms with van der Waals surface area (Å²) in [7, 11) is 0. The van der Waals surface area contributed by atoms with E-state index in [0.717, 1.165) is 5.56 Å². The van der Waals surface area contributed by atoms with Crippen molar-refractivity contribution < 1.29 is 29.3 Å². The maximum absolute atomic E-state index is 13.4. The number of hydrogen-bond acceptors (Lipinski definition) is 6. The van der Waals surface area contributed by atoms with Crippen LogP contribution in [-0.4, -0.2) is 43.8 Å². The van der Waals surface area contributed by atoms with Crippen LogP contribution in [0.5, 0.6) is 0 Å². The van der Waals surface area contributed by atoms with Crippen molar-refractivity contribution in [3.05, 3.63) is 77.4 Å². The fraction of sp³-hybridized carbons (Fsp3) is 0.320. The van der Waals surface area contributed by atoms with Gasteiger partial charge in [0.15, 0.2) is 0 Å². The molecule has 0 fully saturated rings. The van der Waals surface area contributed by atoms with Crippen LogP contribution in [0.1, 0.15) is 41.0 Å². The molecule has 180 valence electrons. The smallest absolute Gasteiger partial charge is 0.272 e. The van der Waals surface area contributed by atoms with E-state index in [9.17, 15) is 29.3 Å². The maximum Gasteiger partial charge on any atom is 0.272 e. The van der Waals surface area contributed by atoms with Crippen LogP contribution in [0.3, 0.4) is 0 Å². The number of nitrogens with one attached hydrogen (secondary N) is 1. The SMILES string of the molecule is Cc1c(C(=O)NCc2ccccc2)nc(-c2ccc(F)cc2)n1CC[C@@H](O)C[C@@H](O)CC(=O)[O-]. The maximum atomic E-state index is 13.4. The highest BCUT2D eigenvalue weighted by Gasteiger charge is 2.22. The molecule has 1 amide bonds. The lowest BCUT2D eigenvalue weighted by molar-refractivity contribution is -0.307. The minimum Gasteiger partial charge on any atom is -0.550 e. The van der Waals surface area contributed by atoms with Crippen LogP contribution in [0.15, 0.2) is 54.6 Å². The number of aliphatic carboxylic acids is 1. The van der Waals surface area contributed by atoms with Gasteiger partial charge in [-0.25, -0.2) is 9.37 Å². The van der Waals surface area contributed by atoms with Crippen molar-refractivity contribution in [3.8, 4) is 11.4 Å². The van der Waals surface area contributed by atoms with Gasteiger partial charge in [0.05, 0.1) is 12.2 Å². The number of carbonyl (C=O) groups excluding carboxylic acids is 2. The van der Waals surface area contributed by atoms with Gasteiger partial charge in [-0.15, -0.1) is 0 Å². The summed E-state index contributed by atoms with van der Waals surface area (Å²) in [6.45, 7) is 2.30. The molecule has 0 aliphatic rings. The Balaban J connectivity index is 1.80. The number of carbonyl (C=O) groups is 2. The van der Waals surface area contributed by atoms with Gasteiger partial charge in [-0.3, -0.25) is 4.79 Å². The zero-order chi connectivity index (χ0) is 24.7. The molecule has 0 aliphatic carbocycles. The number of rotatable bonds is 11. The molecule has 3 N–H and O–H groups in total. The molecule has 3 rings (SSSR count). The van der Waals surface area contributed by atoms with Crippen LogP contribution >= 0.6 is 0 Å². The molecule has 8 nitrogen and oxygen atoms in total. The van der Waals surface area contributed by atoms with Crippen molar-refractivity contribution in [2.24, 2.45) is 0 Å². The Morgan fingerprint density at radius 1 is 1.09 bits per heavy atom. The Morgan fingerprint density at radius 3 is 2.41 bits per heavy atom. The summed E-state index contributed by atoms with van der Waals surface area (Å²) in [4.78, 5) is 28.0. The Morgan fingerprint density at radius 2 is 1.76 bits per heavy atom. The molecule has 0 bridgehead atoms. The molecule has 0 unspecified atom stereocenters. The Hall–Kier alpha value is -3.56. The van der Waals surface area contributed by atoms with Crippen molar-refractivity contribution in [3.63, 3.8) is 0 Å². The van der Waals surface area contributed by atoms with Crippen LogP contribution in [-0.2, 0) is 17.9 Å². The van der Waals surface area contributed by atoms with E-state index in [-0.39, 0.29) is 31.0 Å². The second-order valence-electron chi connectivity index (χ2n) is 8.10. The van der Waals surface area contributed by atoms with Gasteiger partial charge in [-0.05, 0) is 49.6 Å². The minimum absolute atomic E-state index is 0.127. The van der Waals surface area contributed by atoms with Gasteiger partial charge in [0.25, 0.3) is 5.91 Å². The van der Waals surface area contributed by atoms with Crippen LogP contribution in [0.2, 0.25) is 0 Å². The number of amides is 1. The van der Waals surface area contributed by atoms with Gasteiger partial charge in [0.1, 0.15) is 17.3 Å². The normalized spacial score (nSPS) is 12.8. The molecule has 0 saturated heterocycles. The predicted octanol–water partition coefficient (Wildman–Crippen LogP) is 1.57. The first-order valence-electron chi connectivity index (χ1n) is 11.0. The van der Waals surface area contributed by atoms with Gasteiger partial charge < -0.3 is 30.0 Å². The zero-order valence-corrected chi connectivity index (χ0v) is 18.8. The lowest BCUT2D eigenvalue weighted by atomic mass is 10.1. The van der Waals surface area contributed by atoms with Crippen LogP contribution in [0.4, 0.5) is 4.39 Å². The third-order valence-corrected chi connectivity index (χ3v) is 5.47. The number of hydrogen-bond donors (Lipinski definition) is 3. The van der Waals surface area contributed by atoms with Gasteiger partial charge >= 0.3 is 0 Å². The molecule has 1 aromatic heterocycles. The topological polar surface area (TPSA) is 128 Å². The van der Waals surface area contributed by atoms with Crippen LogP contribution < -0.4 is 10.4 Å². The summed E-state index contributed by atoms with van der Waals surface area (Å²) in [6.07, 6.45) is -2.71. The molecule has 0 aliphatic heterocycles. The van der Waals surface area contributed by atoms with Gasteiger partial charge in [-0.1, -0.05) is 30.3 Å². The summed E-state index contributed by atoms with van der Waals surface area (Å²) in [5, 5.41) is 33.5. The molecule has 34 heavy (non-hydrogen) atoms. The largest absolute Gasteiger partial charge is 0.550 e. The van der Waals surface area contributed by atoms with Crippen LogP contribution in [0, 0.1) is 12.7 Å². The van der Waals surface area contributed by atoms with Crippen molar-refractivity contribution in [1.82, 2.24) is 14.9 Å². The molecule has 0 saturated carbocycles. The van der Waals surface area contributed by atoms with Gasteiger partial charge in [0, 0.05) is 36.7 Å². The lowest BCUT2D eigenvalue weighted by Crippen LogP contribution is -2.29. The van der Waals surface area contributed by atoms with Crippen molar-refractivity contribution in [2.75, 3.05) is 0 Å². The first-order chi connectivity index (χ1) is 16.2. The second kappa shape index (κ2) is 11.5. The second-order valence-corrected chi connectivity index (χ2v) is 8.10. The molecule has 3 aromatic rings. The van der Waals surface area contributed by atoms with E-state index in [2.05, 4.69) is 10.3 Å². The molecule has 2 atom stereocenters. The van der Waals surface area contributed by atoms with E-state index >= 15 is 0 Å². The number of carboxylic acids is 1. The summed E-state index contributed by atoms with van der Waals surface area (Å²) in [5.41, 5.74) is 2.30. The Bertz CT molecular complexity index is 1120. The quantitative estimate of drug-likeness (QED) is 0.392. The van der Waals surface area contributed by atoms with E-state index in [4.69, 9.17) is 0 Å². The van der Waals surface area contributed by atoms with Gasteiger partial charge in [-0.2, -0.15) is 0 Å². The number of carboxylic acid groups (broad SMARTS) is 1. The third-order valence-electron chi connectivity index (χ3n) is 5.47. The number of aromatic nitrogens is 2. The molecule has 0 radical (unpaired) electrons. The van der Waals surface area contributed by atoms with Gasteiger partial charge in [0.2, 0.25) is 0 Å². The lowest BCUT2D eigenvalue weighted by Gasteiger charge is -2.17. The first kappa shape index (κ1) is 25.1. The zero-order valence-electron chi connectivity index (χ0n) is 18.8. The summed E-state index contributed by atoms with van der Waals surface area (Å²) in [6, 6.07) is 15.1. The van der Waals surface area contributed by atoms with E-state index in [1.54, 1.807) is 23.6 Å². The molecular formula is C25H27FN3O5-. The Labute approximate surface area is 196 Å². The highest BCUT2D eigenvalue weighted by Crippen LogP contribution is 2.24. The number of benzene rings is 2. The number of aliphatic hydroxyl groups excluding tert-OH is 2. The van der Waals surface area contributed by atoms with Crippen molar-refractivity contribution in [2.45, 2.75) is 51.5 Å². The monoisotopic (exact) mass is 468 g/mol. The number of aliphatic hydroxyl groups is 2. The van der Waals surface area contributed by atoms with E-state index in [1.165, 1.54) is 12.1 Å². The average Bonchev–Trinajstić information content (AvgIpc) is 3.13. The van der Waals surface area contributed by atoms with E-state index < -0.39 is 30.4 Å². The van der Waals surface area contributed by atoms with Crippen molar-refractivity contribution >= 4 is 11.9 Å². The first-order valence-corrected chi connectivity index (χ1v) is 11.0. The Kier molecular flexibility index (Phi) is 8.50. The number of imidazole rings is 1. The number of nitrogens with zero attached hydrogens (tertiary/aromatic N) is 2. The molecule has 1 heterocycles. The van der Waals surface area contributed by atoms with Crippen LogP contribution in [0.25, 0.3) is 11.4 Å². The number of halogens is 1. The van der Waals surface area contributed by atoms with Crippen molar-refractivity contribution in [1.29, 1.82) is 0 Å². The summed E-state index contributed by atoms with van der Waals surface area (Å²) in [5.74, 6) is -1.73. The summed E-state index contributed by atoms with van der Waals surface area (Å²) >= 11 is 0.